The number of anilines is 1. The van der Waals surface area contributed by atoms with Crippen LogP contribution in [0.2, 0.25) is 0 Å². The summed E-state index contributed by atoms with van der Waals surface area (Å²) in [5.74, 6) is -0.471. The molecule has 0 N–H and O–H groups in total. The Hall–Kier alpha value is -2.15. The molecule has 0 aromatic heterocycles. The van der Waals surface area contributed by atoms with Gasteiger partial charge in [-0.15, -0.1) is 0 Å². The molecule has 1 unspecified atom stereocenters. The van der Waals surface area contributed by atoms with E-state index in [1.807, 2.05) is 13.0 Å². The van der Waals surface area contributed by atoms with Crippen LogP contribution in [0.4, 0.5) is 11.4 Å². The molecule has 0 amide bonds. The normalized spacial score (nSPS) is 22.0. The van der Waals surface area contributed by atoms with Gasteiger partial charge < -0.3 is 14.4 Å². The van der Waals surface area contributed by atoms with Crippen LogP contribution in [0.25, 0.3) is 0 Å². The van der Waals surface area contributed by atoms with Crippen molar-refractivity contribution in [2.45, 2.75) is 26.1 Å². The molecule has 2 rings (SSSR count). The van der Waals surface area contributed by atoms with E-state index in [0.717, 1.165) is 5.56 Å². The highest BCUT2D eigenvalue weighted by atomic mass is 16.6. The molecular formula is C14H18N2O5. The van der Waals surface area contributed by atoms with Gasteiger partial charge in [-0.2, -0.15) is 0 Å². The fourth-order valence-corrected chi connectivity index (χ4v) is 2.46. The molecule has 0 spiro atoms. The second-order valence-electron chi connectivity index (χ2n) is 5.11. The lowest BCUT2D eigenvalue weighted by Gasteiger charge is -2.36. The first-order valence-electron chi connectivity index (χ1n) is 6.65. The molecular weight excluding hydrogens is 276 g/mol. The Morgan fingerprint density at radius 2 is 2.19 bits per heavy atom. The van der Waals surface area contributed by atoms with Gasteiger partial charge in [0.25, 0.3) is 5.69 Å². The highest BCUT2D eigenvalue weighted by Crippen LogP contribution is 2.31. The fraction of sp³-hybridized carbons (Fsp3) is 0.500. The molecule has 1 fully saturated rings. The number of methoxy groups -OCH3 is 1. The van der Waals surface area contributed by atoms with E-state index in [-0.39, 0.29) is 18.3 Å². The summed E-state index contributed by atoms with van der Waals surface area (Å²) in [4.78, 5) is 24.3. The summed E-state index contributed by atoms with van der Waals surface area (Å²) < 4.78 is 10.2. The molecule has 1 aliphatic rings. The number of nitro groups is 1. The number of ether oxygens (including phenoxy) is 2. The van der Waals surface area contributed by atoms with Gasteiger partial charge in [-0.25, -0.2) is 4.79 Å². The Bertz CT molecular complexity index is 560. The zero-order valence-electron chi connectivity index (χ0n) is 12.2. The maximum absolute atomic E-state index is 11.7. The molecule has 0 saturated carbocycles. The van der Waals surface area contributed by atoms with Gasteiger partial charge in [0.05, 0.1) is 24.7 Å². The fourth-order valence-electron chi connectivity index (χ4n) is 2.46. The highest BCUT2D eigenvalue weighted by molar-refractivity contribution is 5.76. The van der Waals surface area contributed by atoms with Crippen LogP contribution in [0.1, 0.15) is 12.5 Å². The number of morpholine rings is 1. The Morgan fingerprint density at radius 3 is 2.81 bits per heavy atom. The van der Waals surface area contributed by atoms with Crippen LogP contribution in [-0.2, 0) is 14.3 Å². The Labute approximate surface area is 122 Å². The van der Waals surface area contributed by atoms with Gasteiger partial charge in [-0.3, -0.25) is 10.1 Å². The van der Waals surface area contributed by atoms with Crippen molar-refractivity contribution in [2.75, 3.05) is 25.1 Å². The quantitative estimate of drug-likeness (QED) is 0.479. The van der Waals surface area contributed by atoms with Crippen LogP contribution in [-0.4, -0.2) is 43.3 Å². The first-order chi connectivity index (χ1) is 9.92. The largest absolute Gasteiger partial charge is 0.467 e. The van der Waals surface area contributed by atoms with Crippen LogP contribution >= 0.6 is 0 Å². The maximum atomic E-state index is 11.7. The molecule has 2 atom stereocenters. The van der Waals surface area contributed by atoms with E-state index >= 15 is 0 Å². The summed E-state index contributed by atoms with van der Waals surface area (Å²) in [6.07, 6.45) is -0.955. The monoisotopic (exact) mass is 294 g/mol. The van der Waals surface area contributed by atoms with Crippen molar-refractivity contribution in [2.24, 2.45) is 0 Å². The van der Waals surface area contributed by atoms with Crippen molar-refractivity contribution in [3.63, 3.8) is 0 Å². The van der Waals surface area contributed by atoms with Gasteiger partial charge in [0.2, 0.25) is 0 Å². The molecule has 1 heterocycles. The molecule has 114 valence electrons. The van der Waals surface area contributed by atoms with Crippen molar-refractivity contribution in [3.8, 4) is 0 Å². The number of hydrogen-bond donors (Lipinski definition) is 0. The summed E-state index contributed by atoms with van der Waals surface area (Å²) in [5, 5.41) is 11.2. The first-order valence-corrected chi connectivity index (χ1v) is 6.65. The van der Waals surface area contributed by atoms with Gasteiger partial charge in [-0.1, -0.05) is 6.07 Å². The van der Waals surface area contributed by atoms with Gasteiger partial charge in [0.15, 0.2) is 6.10 Å². The Balaban J connectivity index is 2.32. The minimum absolute atomic E-state index is 0.0349. The van der Waals surface area contributed by atoms with Gasteiger partial charge in [0.1, 0.15) is 5.69 Å². The first kappa shape index (κ1) is 15.2. The summed E-state index contributed by atoms with van der Waals surface area (Å²) >= 11 is 0. The second-order valence-corrected chi connectivity index (χ2v) is 5.11. The topological polar surface area (TPSA) is 81.9 Å². The van der Waals surface area contributed by atoms with E-state index in [0.29, 0.717) is 12.2 Å². The van der Waals surface area contributed by atoms with Crippen LogP contribution in [0.15, 0.2) is 18.2 Å². The minimum atomic E-state index is -0.736. The van der Waals surface area contributed by atoms with Crippen molar-refractivity contribution in [1.82, 2.24) is 0 Å². The van der Waals surface area contributed by atoms with E-state index in [1.54, 1.807) is 17.9 Å². The minimum Gasteiger partial charge on any atom is -0.467 e. The summed E-state index contributed by atoms with van der Waals surface area (Å²) in [5.41, 5.74) is 1.35. The molecule has 1 saturated heterocycles. The lowest BCUT2D eigenvalue weighted by molar-refractivity contribution is -0.384. The number of benzene rings is 1. The second kappa shape index (κ2) is 6.09. The molecule has 0 radical (unpaired) electrons. The third-order valence-electron chi connectivity index (χ3n) is 3.39. The molecule has 7 nitrogen and oxygen atoms in total. The molecule has 21 heavy (non-hydrogen) atoms. The van der Waals surface area contributed by atoms with Crippen molar-refractivity contribution < 1.29 is 19.2 Å². The number of carbonyl (C=O) groups is 1. The molecule has 7 heteroatoms. The van der Waals surface area contributed by atoms with E-state index in [1.165, 1.54) is 13.2 Å². The number of rotatable bonds is 3. The SMILES string of the molecule is COC(=O)C1CN(c2ccc(C)cc2[N+](=O)[O-])C[C@H](C)O1. The lowest BCUT2D eigenvalue weighted by Crippen LogP contribution is -2.50. The maximum Gasteiger partial charge on any atom is 0.336 e. The van der Waals surface area contributed by atoms with Crippen LogP contribution in [0, 0.1) is 17.0 Å². The third kappa shape index (κ3) is 3.30. The lowest BCUT2D eigenvalue weighted by atomic mass is 10.1. The van der Waals surface area contributed by atoms with Crippen LogP contribution in [0.3, 0.4) is 0 Å². The summed E-state index contributed by atoms with van der Waals surface area (Å²) in [7, 11) is 1.30. The van der Waals surface area contributed by atoms with Crippen LogP contribution in [0.5, 0.6) is 0 Å². The summed E-state index contributed by atoms with van der Waals surface area (Å²) in [6, 6.07) is 5.05. The Morgan fingerprint density at radius 1 is 1.48 bits per heavy atom. The smallest absolute Gasteiger partial charge is 0.336 e. The predicted octanol–water partition coefficient (Wildman–Crippen LogP) is 1.67. The number of nitrogens with zero attached hydrogens (tertiary/aromatic N) is 2. The van der Waals surface area contributed by atoms with Crippen LogP contribution < -0.4 is 4.90 Å². The number of hydrogen-bond acceptors (Lipinski definition) is 6. The van der Waals surface area contributed by atoms with Gasteiger partial charge in [-0.05, 0) is 25.5 Å². The van der Waals surface area contributed by atoms with E-state index in [4.69, 9.17) is 9.47 Å². The zero-order valence-corrected chi connectivity index (χ0v) is 12.2. The Kier molecular flexibility index (Phi) is 4.42. The van der Waals surface area contributed by atoms with Crippen molar-refractivity contribution >= 4 is 17.3 Å². The van der Waals surface area contributed by atoms with Gasteiger partial charge in [0, 0.05) is 12.6 Å². The highest BCUT2D eigenvalue weighted by Gasteiger charge is 2.33. The standard InChI is InChI=1S/C14H18N2O5/c1-9-4-5-11(12(6-9)16(18)19)15-7-10(2)21-13(8-15)14(17)20-3/h4-6,10,13H,7-8H2,1-3H3/t10-,13?/m0/s1. The third-order valence-corrected chi connectivity index (χ3v) is 3.39. The average Bonchev–Trinajstić information content (AvgIpc) is 2.45. The predicted molar refractivity (Wildman–Crippen MR) is 76.4 cm³/mol. The van der Waals surface area contributed by atoms with Gasteiger partial charge >= 0.3 is 5.97 Å². The van der Waals surface area contributed by atoms with E-state index in [2.05, 4.69) is 0 Å². The zero-order chi connectivity index (χ0) is 15.6. The molecule has 1 aliphatic heterocycles. The molecule has 1 aromatic rings. The van der Waals surface area contributed by atoms with E-state index < -0.39 is 17.0 Å². The van der Waals surface area contributed by atoms with Crippen molar-refractivity contribution in [3.05, 3.63) is 33.9 Å². The summed E-state index contributed by atoms with van der Waals surface area (Å²) in [6.45, 7) is 4.34. The average molecular weight is 294 g/mol. The molecule has 0 bridgehead atoms. The van der Waals surface area contributed by atoms with Crippen molar-refractivity contribution in [1.29, 1.82) is 0 Å². The molecule has 1 aromatic carbocycles. The molecule has 0 aliphatic carbocycles. The number of aryl methyl sites for hydroxylation is 1. The van der Waals surface area contributed by atoms with E-state index in [9.17, 15) is 14.9 Å². The number of esters is 1. The number of carbonyl (C=O) groups excluding carboxylic acids is 1. The number of nitro benzene ring substituents is 1.